The first kappa shape index (κ1) is 14.5. The molecule has 0 saturated carbocycles. The highest BCUT2D eigenvalue weighted by Gasteiger charge is 2.30. The van der Waals surface area contributed by atoms with Crippen molar-refractivity contribution < 1.29 is 4.39 Å². The zero-order chi connectivity index (χ0) is 14.0. The van der Waals surface area contributed by atoms with Gasteiger partial charge in [0.1, 0.15) is 5.82 Å². The fourth-order valence-corrected chi connectivity index (χ4v) is 3.05. The molecule has 0 aromatic heterocycles. The molecule has 1 atom stereocenters. The number of rotatable bonds is 3. The lowest BCUT2D eigenvalue weighted by Crippen LogP contribution is -2.44. The third-order valence-corrected chi connectivity index (χ3v) is 4.17. The molecule has 0 bridgehead atoms. The number of likely N-dealkylation sites (tertiary alicyclic amines) is 1. The van der Waals surface area contributed by atoms with Crippen LogP contribution in [-0.4, -0.2) is 24.5 Å². The Morgan fingerprint density at radius 2 is 2.16 bits per heavy atom. The van der Waals surface area contributed by atoms with Gasteiger partial charge >= 0.3 is 0 Å². The summed E-state index contributed by atoms with van der Waals surface area (Å²) in [4.78, 5) is 2.41. The summed E-state index contributed by atoms with van der Waals surface area (Å²) in [5.74, 6) is -0.132. The van der Waals surface area contributed by atoms with Gasteiger partial charge in [0, 0.05) is 19.1 Å². The van der Waals surface area contributed by atoms with Crippen LogP contribution in [0, 0.1) is 18.2 Å². The van der Waals surface area contributed by atoms with Gasteiger partial charge in [-0.1, -0.05) is 26.0 Å². The number of nitrogens with zero attached hydrogens (tertiary/aromatic N) is 1. The fourth-order valence-electron chi connectivity index (χ4n) is 3.05. The van der Waals surface area contributed by atoms with Crippen molar-refractivity contribution in [2.24, 2.45) is 11.1 Å². The summed E-state index contributed by atoms with van der Waals surface area (Å²) in [6, 6.07) is 5.64. The Morgan fingerprint density at radius 1 is 1.42 bits per heavy atom. The first-order chi connectivity index (χ1) is 8.93. The number of halogens is 1. The van der Waals surface area contributed by atoms with Crippen molar-refractivity contribution in [3.05, 3.63) is 35.1 Å². The zero-order valence-electron chi connectivity index (χ0n) is 12.2. The maximum Gasteiger partial charge on any atom is 0.126 e. The molecular weight excluding hydrogens is 239 g/mol. The predicted molar refractivity (Wildman–Crippen MR) is 77.5 cm³/mol. The topological polar surface area (TPSA) is 29.3 Å². The molecule has 0 radical (unpaired) electrons. The Hall–Kier alpha value is -0.930. The molecule has 1 saturated heterocycles. The van der Waals surface area contributed by atoms with Crippen molar-refractivity contribution in [2.75, 3.05) is 19.6 Å². The molecule has 1 unspecified atom stereocenters. The summed E-state index contributed by atoms with van der Waals surface area (Å²) in [5.41, 5.74) is 7.97. The van der Waals surface area contributed by atoms with E-state index in [0.29, 0.717) is 17.5 Å². The summed E-state index contributed by atoms with van der Waals surface area (Å²) in [5, 5.41) is 0. The first-order valence-corrected chi connectivity index (χ1v) is 7.13. The molecular formula is C16H25FN2. The number of nitrogens with two attached hydrogens (primary N) is 1. The lowest BCUT2D eigenvalue weighted by Gasteiger charge is -2.42. The zero-order valence-corrected chi connectivity index (χ0v) is 12.2. The normalized spacial score (nSPS) is 21.3. The molecule has 1 aliphatic rings. The second-order valence-electron chi connectivity index (χ2n) is 6.50. The van der Waals surface area contributed by atoms with E-state index in [1.54, 1.807) is 13.0 Å². The van der Waals surface area contributed by atoms with Crippen LogP contribution in [0.2, 0.25) is 0 Å². The number of aryl methyl sites for hydroxylation is 1. The molecule has 0 amide bonds. The average Bonchev–Trinajstić information content (AvgIpc) is 2.33. The van der Waals surface area contributed by atoms with Crippen molar-refractivity contribution in [1.29, 1.82) is 0 Å². The van der Waals surface area contributed by atoms with Crippen LogP contribution >= 0.6 is 0 Å². The molecule has 2 nitrogen and oxygen atoms in total. The third-order valence-electron chi connectivity index (χ3n) is 4.17. The van der Waals surface area contributed by atoms with Gasteiger partial charge in [0.05, 0.1) is 0 Å². The van der Waals surface area contributed by atoms with E-state index in [1.165, 1.54) is 12.8 Å². The Balaban J connectivity index is 2.21. The quantitative estimate of drug-likeness (QED) is 0.908. The van der Waals surface area contributed by atoms with E-state index in [1.807, 2.05) is 12.1 Å². The average molecular weight is 264 g/mol. The minimum Gasteiger partial charge on any atom is -0.329 e. The van der Waals surface area contributed by atoms with Crippen LogP contribution in [-0.2, 0) is 0 Å². The van der Waals surface area contributed by atoms with E-state index in [0.717, 1.165) is 18.7 Å². The van der Waals surface area contributed by atoms with Crippen LogP contribution in [0.15, 0.2) is 18.2 Å². The van der Waals surface area contributed by atoms with Gasteiger partial charge in [-0.3, -0.25) is 4.90 Å². The lowest BCUT2D eigenvalue weighted by atomic mass is 9.83. The highest BCUT2D eigenvalue weighted by atomic mass is 19.1. The Morgan fingerprint density at radius 3 is 2.74 bits per heavy atom. The van der Waals surface area contributed by atoms with E-state index >= 15 is 0 Å². The van der Waals surface area contributed by atoms with Crippen LogP contribution in [0.25, 0.3) is 0 Å². The first-order valence-electron chi connectivity index (χ1n) is 7.13. The summed E-state index contributed by atoms with van der Waals surface area (Å²) >= 11 is 0. The number of hydrogen-bond donors (Lipinski definition) is 1. The van der Waals surface area contributed by atoms with Crippen molar-refractivity contribution in [2.45, 2.75) is 39.7 Å². The van der Waals surface area contributed by atoms with Gasteiger partial charge in [-0.25, -0.2) is 4.39 Å². The van der Waals surface area contributed by atoms with Crippen LogP contribution in [0.4, 0.5) is 4.39 Å². The van der Waals surface area contributed by atoms with Crippen LogP contribution < -0.4 is 5.73 Å². The molecule has 1 heterocycles. The maximum atomic E-state index is 13.7. The molecule has 1 aromatic carbocycles. The van der Waals surface area contributed by atoms with Crippen LogP contribution in [0.5, 0.6) is 0 Å². The van der Waals surface area contributed by atoms with E-state index in [9.17, 15) is 4.39 Å². The van der Waals surface area contributed by atoms with Gasteiger partial charge < -0.3 is 5.73 Å². The monoisotopic (exact) mass is 264 g/mol. The largest absolute Gasteiger partial charge is 0.329 e. The maximum absolute atomic E-state index is 13.7. The Kier molecular flexibility index (Phi) is 4.26. The van der Waals surface area contributed by atoms with Gasteiger partial charge in [0.15, 0.2) is 0 Å². The van der Waals surface area contributed by atoms with Gasteiger partial charge in [-0.05, 0) is 48.9 Å². The molecule has 0 aliphatic carbocycles. The van der Waals surface area contributed by atoms with Gasteiger partial charge in [0.2, 0.25) is 0 Å². The van der Waals surface area contributed by atoms with Crippen molar-refractivity contribution in [1.82, 2.24) is 4.90 Å². The SMILES string of the molecule is Cc1ccc(C(CN)N2CCCC(C)(C)C2)cc1F. The Bertz CT molecular complexity index is 442. The van der Waals surface area contributed by atoms with E-state index < -0.39 is 0 Å². The molecule has 0 spiro atoms. The highest BCUT2D eigenvalue weighted by molar-refractivity contribution is 5.26. The van der Waals surface area contributed by atoms with Crippen molar-refractivity contribution in [3.8, 4) is 0 Å². The molecule has 2 N–H and O–H groups in total. The summed E-state index contributed by atoms with van der Waals surface area (Å²) in [6.45, 7) is 9.01. The van der Waals surface area contributed by atoms with Crippen LogP contribution in [0.3, 0.4) is 0 Å². The summed E-state index contributed by atoms with van der Waals surface area (Å²) < 4.78 is 13.7. The fraction of sp³-hybridized carbons (Fsp3) is 0.625. The van der Waals surface area contributed by atoms with Crippen molar-refractivity contribution >= 4 is 0 Å². The van der Waals surface area contributed by atoms with Crippen molar-refractivity contribution in [3.63, 3.8) is 0 Å². The minimum atomic E-state index is -0.132. The second kappa shape index (κ2) is 5.59. The summed E-state index contributed by atoms with van der Waals surface area (Å²) in [7, 11) is 0. The molecule has 1 fully saturated rings. The van der Waals surface area contributed by atoms with Crippen LogP contribution in [0.1, 0.15) is 43.9 Å². The molecule has 1 aliphatic heterocycles. The molecule has 2 rings (SSSR count). The lowest BCUT2D eigenvalue weighted by molar-refractivity contribution is 0.0805. The number of hydrogen-bond acceptors (Lipinski definition) is 2. The number of piperidine rings is 1. The molecule has 3 heteroatoms. The minimum absolute atomic E-state index is 0.132. The van der Waals surface area contributed by atoms with E-state index in [4.69, 9.17) is 5.73 Å². The molecule has 106 valence electrons. The summed E-state index contributed by atoms with van der Waals surface area (Å²) in [6.07, 6.45) is 2.45. The van der Waals surface area contributed by atoms with Gasteiger partial charge in [-0.15, -0.1) is 0 Å². The predicted octanol–water partition coefficient (Wildman–Crippen LogP) is 3.26. The Labute approximate surface area is 115 Å². The highest BCUT2D eigenvalue weighted by Crippen LogP contribution is 2.33. The third kappa shape index (κ3) is 3.34. The molecule has 1 aromatic rings. The smallest absolute Gasteiger partial charge is 0.126 e. The second-order valence-corrected chi connectivity index (χ2v) is 6.50. The molecule has 19 heavy (non-hydrogen) atoms. The van der Waals surface area contributed by atoms with Gasteiger partial charge in [-0.2, -0.15) is 0 Å². The standard InChI is InChI=1S/C16H25FN2/c1-12-5-6-13(9-14(12)17)15(10-18)19-8-4-7-16(2,3)11-19/h5-6,9,15H,4,7-8,10-11,18H2,1-3H3. The number of benzene rings is 1. The van der Waals surface area contributed by atoms with E-state index in [2.05, 4.69) is 18.7 Å². The van der Waals surface area contributed by atoms with E-state index in [-0.39, 0.29) is 11.9 Å². The van der Waals surface area contributed by atoms with Gasteiger partial charge in [0.25, 0.3) is 0 Å².